The molecule has 0 unspecified atom stereocenters. The predicted octanol–water partition coefficient (Wildman–Crippen LogP) is 1.38. The Morgan fingerprint density at radius 1 is 1.26 bits per heavy atom. The fraction of sp³-hybridized carbons (Fsp3) is 0.308. The van der Waals surface area contributed by atoms with Crippen molar-refractivity contribution in [3.05, 3.63) is 35.6 Å². The van der Waals surface area contributed by atoms with Gasteiger partial charge in [-0.25, -0.2) is 9.18 Å². The number of hydrogen-bond donors (Lipinski definition) is 2. The zero-order valence-electron chi connectivity index (χ0n) is 10.4. The summed E-state index contributed by atoms with van der Waals surface area (Å²) in [5.41, 5.74) is 0.162. The van der Waals surface area contributed by atoms with E-state index in [1.54, 1.807) is 0 Å². The predicted molar refractivity (Wildman–Crippen MR) is 65.2 cm³/mol. The summed E-state index contributed by atoms with van der Waals surface area (Å²) in [4.78, 5) is 33.5. The molecule has 0 heterocycles. The van der Waals surface area contributed by atoms with Gasteiger partial charge < -0.3 is 15.2 Å². The van der Waals surface area contributed by atoms with Gasteiger partial charge >= 0.3 is 5.97 Å². The minimum Gasteiger partial charge on any atom is -0.480 e. The number of benzene rings is 1. The maximum absolute atomic E-state index is 12.7. The molecule has 1 atom stereocenters. The molecule has 6 heteroatoms. The Morgan fingerprint density at radius 2 is 1.84 bits per heavy atom. The highest BCUT2D eigenvalue weighted by Crippen LogP contribution is 2.05. The largest absolute Gasteiger partial charge is 0.480 e. The summed E-state index contributed by atoms with van der Waals surface area (Å²) in [6, 6.07) is 3.60. The van der Waals surface area contributed by atoms with Crippen LogP contribution in [0.3, 0.4) is 0 Å². The summed E-state index contributed by atoms with van der Waals surface area (Å²) >= 11 is 0. The number of carbonyl (C=O) groups is 3. The molecule has 19 heavy (non-hydrogen) atoms. The smallest absolute Gasteiger partial charge is 0.326 e. The van der Waals surface area contributed by atoms with Crippen molar-refractivity contribution >= 4 is 17.7 Å². The lowest BCUT2D eigenvalue weighted by atomic mass is 10.1. The van der Waals surface area contributed by atoms with Gasteiger partial charge in [0.05, 0.1) is 0 Å². The first-order chi connectivity index (χ1) is 8.90. The van der Waals surface area contributed by atoms with Gasteiger partial charge in [-0.15, -0.1) is 0 Å². The number of ketones is 1. The van der Waals surface area contributed by atoms with Crippen LogP contribution in [0.15, 0.2) is 24.3 Å². The maximum atomic E-state index is 12.7. The molecule has 0 fully saturated rings. The zero-order valence-corrected chi connectivity index (χ0v) is 10.4. The molecule has 102 valence electrons. The Balaban J connectivity index is 2.68. The van der Waals surface area contributed by atoms with Crippen LogP contribution in [-0.4, -0.2) is 28.8 Å². The van der Waals surface area contributed by atoms with Crippen LogP contribution in [0, 0.1) is 5.82 Å². The summed E-state index contributed by atoms with van der Waals surface area (Å²) in [6.45, 7) is 1.35. The van der Waals surface area contributed by atoms with E-state index in [9.17, 15) is 18.8 Å². The molecule has 1 rings (SSSR count). The number of halogens is 1. The van der Waals surface area contributed by atoms with Gasteiger partial charge in [-0.2, -0.15) is 0 Å². The van der Waals surface area contributed by atoms with E-state index in [1.165, 1.54) is 19.1 Å². The van der Waals surface area contributed by atoms with E-state index in [2.05, 4.69) is 5.32 Å². The maximum Gasteiger partial charge on any atom is 0.326 e. The number of amides is 1. The SMILES string of the molecule is CC(=O)CC[C@H](NC(=O)c1ccc(F)cc1)C(=O)O. The first-order valence-corrected chi connectivity index (χ1v) is 5.69. The first kappa shape index (κ1) is 14.8. The third kappa shape index (κ3) is 4.87. The van der Waals surface area contributed by atoms with Crippen molar-refractivity contribution in [3.8, 4) is 0 Å². The van der Waals surface area contributed by atoms with Gasteiger partial charge in [0.1, 0.15) is 17.6 Å². The molecule has 1 aromatic rings. The Kier molecular flexibility index (Phi) is 5.17. The highest BCUT2D eigenvalue weighted by atomic mass is 19.1. The second-order valence-corrected chi connectivity index (χ2v) is 4.11. The van der Waals surface area contributed by atoms with Crippen molar-refractivity contribution < 1.29 is 23.9 Å². The first-order valence-electron chi connectivity index (χ1n) is 5.69. The average molecular weight is 267 g/mol. The minimum absolute atomic E-state index is 0.0254. The van der Waals surface area contributed by atoms with Crippen LogP contribution >= 0.6 is 0 Å². The van der Waals surface area contributed by atoms with E-state index in [0.29, 0.717) is 0 Å². The lowest BCUT2D eigenvalue weighted by Gasteiger charge is -2.13. The number of rotatable bonds is 6. The van der Waals surface area contributed by atoms with Gasteiger partial charge in [-0.3, -0.25) is 4.79 Å². The normalized spacial score (nSPS) is 11.7. The van der Waals surface area contributed by atoms with E-state index < -0.39 is 23.7 Å². The molecule has 0 saturated carbocycles. The summed E-state index contributed by atoms with van der Waals surface area (Å²) in [5.74, 6) is -2.46. The van der Waals surface area contributed by atoms with Gasteiger partial charge in [0.2, 0.25) is 0 Å². The lowest BCUT2D eigenvalue weighted by Crippen LogP contribution is -2.41. The van der Waals surface area contributed by atoms with Crippen LogP contribution in [-0.2, 0) is 9.59 Å². The molecule has 0 aromatic heterocycles. The number of carboxylic acids is 1. The third-order valence-electron chi connectivity index (χ3n) is 2.49. The molecule has 5 nitrogen and oxygen atoms in total. The monoisotopic (exact) mass is 267 g/mol. The third-order valence-corrected chi connectivity index (χ3v) is 2.49. The van der Waals surface area contributed by atoms with Crippen LogP contribution in [0.2, 0.25) is 0 Å². The molecular formula is C13H14FNO4. The quantitative estimate of drug-likeness (QED) is 0.815. The van der Waals surface area contributed by atoms with Gasteiger partial charge in [0.15, 0.2) is 0 Å². The van der Waals surface area contributed by atoms with Gasteiger partial charge in [-0.05, 0) is 37.6 Å². The molecule has 0 aliphatic carbocycles. The van der Waals surface area contributed by atoms with E-state index in [1.807, 2.05) is 0 Å². The highest BCUT2D eigenvalue weighted by Gasteiger charge is 2.20. The highest BCUT2D eigenvalue weighted by molar-refractivity contribution is 5.96. The van der Waals surface area contributed by atoms with Crippen molar-refractivity contribution in [1.82, 2.24) is 5.32 Å². The summed E-state index contributed by atoms with van der Waals surface area (Å²) < 4.78 is 12.7. The molecule has 1 amide bonds. The number of hydrogen-bond acceptors (Lipinski definition) is 3. The number of carbonyl (C=O) groups excluding carboxylic acids is 2. The number of aliphatic carboxylic acids is 1. The molecule has 0 spiro atoms. The second kappa shape index (κ2) is 6.63. The van der Waals surface area contributed by atoms with Gasteiger partial charge in [0.25, 0.3) is 5.91 Å². The van der Waals surface area contributed by atoms with Crippen molar-refractivity contribution in [2.75, 3.05) is 0 Å². The topological polar surface area (TPSA) is 83.5 Å². The van der Waals surface area contributed by atoms with Crippen LogP contribution < -0.4 is 5.32 Å². The molecule has 0 radical (unpaired) electrons. The van der Waals surface area contributed by atoms with Gasteiger partial charge in [-0.1, -0.05) is 0 Å². The van der Waals surface area contributed by atoms with E-state index in [4.69, 9.17) is 5.11 Å². The molecule has 0 aliphatic heterocycles. The van der Waals surface area contributed by atoms with Crippen molar-refractivity contribution in [2.45, 2.75) is 25.8 Å². The van der Waals surface area contributed by atoms with E-state index >= 15 is 0 Å². The Labute approximate surface area is 109 Å². The number of nitrogens with one attached hydrogen (secondary N) is 1. The Hall–Kier alpha value is -2.24. The summed E-state index contributed by atoms with van der Waals surface area (Å²) in [5, 5.41) is 11.2. The van der Waals surface area contributed by atoms with Crippen molar-refractivity contribution in [2.24, 2.45) is 0 Å². The average Bonchev–Trinajstić information content (AvgIpc) is 2.34. The van der Waals surface area contributed by atoms with Crippen molar-refractivity contribution in [3.63, 3.8) is 0 Å². The van der Waals surface area contributed by atoms with Crippen LogP contribution in [0.1, 0.15) is 30.1 Å². The molecule has 0 bridgehead atoms. The Morgan fingerprint density at radius 3 is 2.32 bits per heavy atom. The fourth-order valence-corrected chi connectivity index (χ4v) is 1.45. The molecule has 2 N–H and O–H groups in total. The lowest BCUT2D eigenvalue weighted by molar-refractivity contribution is -0.139. The Bertz CT molecular complexity index is 484. The molecule has 1 aromatic carbocycles. The molecule has 0 saturated heterocycles. The van der Waals surface area contributed by atoms with Crippen molar-refractivity contribution in [1.29, 1.82) is 0 Å². The molecule has 0 aliphatic rings. The van der Waals surface area contributed by atoms with Crippen LogP contribution in [0.4, 0.5) is 4.39 Å². The summed E-state index contributed by atoms with van der Waals surface area (Å²) in [6.07, 6.45) is 0.0955. The van der Waals surface area contributed by atoms with Crippen LogP contribution in [0.5, 0.6) is 0 Å². The molecular weight excluding hydrogens is 253 g/mol. The zero-order chi connectivity index (χ0) is 14.4. The second-order valence-electron chi connectivity index (χ2n) is 4.11. The number of carboxylic acid groups (broad SMARTS) is 1. The standard InChI is InChI=1S/C13H14FNO4/c1-8(16)2-7-11(13(18)19)15-12(17)9-3-5-10(14)6-4-9/h3-6,11H,2,7H2,1H3,(H,15,17)(H,18,19)/t11-/m0/s1. The number of Topliss-reactive ketones (excluding diaryl/α,β-unsaturated/α-hetero) is 1. The minimum atomic E-state index is -1.21. The van der Waals surface area contributed by atoms with E-state index in [-0.39, 0.29) is 24.2 Å². The van der Waals surface area contributed by atoms with Gasteiger partial charge in [0, 0.05) is 12.0 Å². The summed E-state index contributed by atoms with van der Waals surface area (Å²) in [7, 11) is 0. The van der Waals surface area contributed by atoms with E-state index in [0.717, 1.165) is 12.1 Å². The fourth-order valence-electron chi connectivity index (χ4n) is 1.45. The van der Waals surface area contributed by atoms with Crippen LogP contribution in [0.25, 0.3) is 0 Å².